The summed E-state index contributed by atoms with van der Waals surface area (Å²) < 4.78 is 10.8. The first kappa shape index (κ1) is 24.2. The zero-order valence-electron chi connectivity index (χ0n) is 20.2. The summed E-state index contributed by atoms with van der Waals surface area (Å²) in [6, 6.07) is 12.0. The number of allylic oxidation sites excluding steroid dienone is 1. The van der Waals surface area contributed by atoms with Crippen molar-refractivity contribution in [1.82, 2.24) is 20.7 Å². The summed E-state index contributed by atoms with van der Waals surface area (Å²) in [5.41, 5.74) is 7.11. The highest BCUT2D eigenvalue weighted by atomic mass is 32.1. The van der Waals surface area contributed by atoms with Gasteiger partial charge in [-0.1, -0.05) is 12.1 Å². The standard InChI is InChI=1S/C25H27N5O4S/c1-6-33-24(32)21-14(2)26-25(35)30(22(21)16-7-10-18(11-8-16)29(4)5)28-23(31)17-9-12-20-19(13-17)27-15(3)34-20/h7-13,22H,6H2,1-5H3,(H,26,35)(H,28,31). The number of nitrogens with one attached hydrogen (secondary N) is 2. The largest absolute Gasteiger partial charge is 0.463 e. The fourth-order valence-electron chi connectivity index (χ4n) is 3.96. The maximum Gasteiger partial charge on any atom is 0.338 e. The van der Waals surface area contributed by atoms with Gasteiger partial charge in [-0.05, 0) is 62.0 Å². The van der Waals surface area contributed by atoms with Crippen LogP contribution in [0.3, 0.4) is 0 Å². The molecule has 0 saturated heterocycles. The van der Waals surface area contributed by atoms with E-state index in [9.17, 15) is 9.59 Å². The van der Waals surface area contributed by atoms with Crippen molar-refractivity contribution in [2.45, 2.75) is 26.8 Å². The maximum absolute atomic E-state index is 13.3. The van der Waals surface area contributed by atoms with Gasteiger partial charge < -0.3 is 19.4 Å². The zero-order chi connectivity index (χ0) is 25.3. The molecule has 1 aliphatic rings. The van der Waals surface area contributed by atoms with Crippen LogP contribution in [-0.4, -0.2) is 47.7 Å². The van der Waals surface area contributed by atoms with E-state index in [-0.39, 0.29) is 11.7 Å². The number of carbonyl (C=O) groups is 2. The van der Waals surface area contributed by atoms with E-state index in [1.54, 1.807) is 39.0 Å². The third-order valence-electron chi connectivity index (χ3n) is 5.65. The van der Waals surface area contributed by atoms with Crippen molar-refractivity contribution in [2.24, 2.45) is 0 Å². The Balaban J connectivity index is 1.73. The minimum absolute atomic E-state index is 0.218. The summed E-state index contributed by atoms with van der Waals surface area (Å²) in [5, 5.41) is 4.76. The lowest BCUT2D eigenvalue weighted by Crippen LogP contribution is -2.56. The molecule has 1 atom stereocenters. The van der Waals surface area contributed by atoms with Crippen LogP contribution < -0.4 is 15.6 Å². The number of hydrogen-bond acceptors (Lipinski definition) is 7. The molecule has 0 saturated carbocycles. The van der Waals surface area contributed by atoms with Gasteiger partial charge in [-0.25, -0.2) is 14.8 Å². The number of ether oxygens (including phenoxy) is 1. The number of esters is 1. The second-order valence-electron chi connectivity index (χ2n) is 8.30. The first-order valence-corrected chi connectivity index (χ1v) is 11.5. The van der Waals surface area contributed by atoms with Gasteiger partial charge in [0, 0.05) is 38.0 Å². The molecule has 1 aromatic heterocycles. The van der Waals surface area contributed by atoms with E-state index >= 15 is 0 Å². The molecule has 1 aliphatic heterocycles. The third kappa shape index (κ3) is 4.83. The van der Waals surface area contributed by atoms with Crippen molar-refractivity contribution in [3.8, 4) is 0 Å². The molecule has 35 heavy (non-hydrogen) atoms. The van der Waals surface area contributed by atoms with Gasteiger partial charge >= 0.3 is 5.97 Å². The molecule has 0 radical (unpaired) electrons. The Morgan fingerprint density at radius 2 is 1.91 bits per heavy atom. The second-order valence-corrected chi connectivity index (χ2v) is 8.69. The van der Waals surface area contributed by atoms with Gasteiger partial charge in [-0.2, -0.15) is 0 Å². The van der Waals surface area contributed by atoms with Crippen molar-refractivity contribution in [3.05, 3.63) is 70.8 Å². The number of oxazole rings is 1. The number of hydrazine groups is 1. The Bertz CT molecular complexity index is 1330. The molecule has 0 aliphatic carbocycles. The number of nitrogens with zero attached hydrogens (tertiary/aromatic N) is 3. The van der Waals surface area contributed by atoms with Crippen LogP contribution in [0.2, 0.25) is 0 Å². The normalized spacial score (nSPS) is 15.7. The molecule has 1 amide bonds. The fraction of sp³-hybridized carbons (Fsp3) is 0.280. The Morgan fingerprint density at radius 1 is 1.20 bits per heavy atom. The number of thiocarbonyl (C=S) groups is 1. The van der Waals surface area contributed by atoms with Gasteiger partial charge in [0.25, 0.3) is 5.91 Å². The van der Waals surface area contributed by atoms with Crippen molar-refractivity contribution in [1.29, 1.82) is 0 Å². The Hall–Kier alpha value is -3.92. The van der Waals surface area contributed by atoms with Crippen LogP contribution in [0, 0.1) is 6.92 Å². The molecule has 1 unspecified atom stereocenters. The van der Waals surface area contributed by atoms with Gasteiger partial charge in [0.05, 0.1) is 12.2 Å². The molecule has 0 spiro atoms. The van der Waals surface area contributed by atoms with Crippen molar-refractivity contribution in [2.75, 3.05) is 25.6 Å². The van der Waals surface area contributed by atoms with Crippen LogP contribution in [0.4, 0.5) is 5.69 Å². The van der Waals surface area contributed by atoms with E-state index in [1.807, 2.05) is 43.3 Å². The number of benzene rings is 2. The Kier molecular flexibility index (Phi) is 6.74. The molecule has 9 nitrogen and oxygen atoms in total. The van der Waals surface area contributed by atoms with Gasteiger partial charge in [-0.15, -0.1) is 0 Å². The second kappa shape index (κ2) is 9.75. The highest BCUT2D eigenvalue weighted by Gasteiger charge is 2.38. The van der Waals surface area contributed by atoms with E-state index in [4.69, 9.17) is 21.4 Å². The Morgan fingerprint density at radius 3 is 2.57 bits per heavy atom. The Labute approximate surface area is 208 Å². The first-order valence-electron chi connectivity index (χ1n) is 11.1. The predicted octanol–water partition coefficient (Wildman–Crippen LogP) is 3.62. The summed E-state index contributed by atoms with van der Waals surface area (Å²) >= 11 is 5.58. The molecule has 3 aromatic rings. The summed E-state index contributed by atoms with van der Waals surface area (Å²) in [5.74, 6) is -0.380. The van der Waals surface area contributed by atoms with Gasteiger partial charge in [-0.3, -0.25) is 10.2 Å². The molecule has 4 rings (SSSR count). The smallest absolute Gasteiger partial charge is 0.338 e. The van der Waals surface area contributed by atoms with Gasteiger partial charge in [0.1, 0.15) is 11.6 Å². The quantitative estimate of drug-likeness (QED) is 0.394. The number of aryl methyl sites for hydroxylation is 1. The topological polar surface area (TPSA) is 99.9 Å². The molecule has 2 aromatic carbocycles. The predicted molar refractivity (Wildman–Crippen MR) is 137 cm³/mol. The summed E-state index contributed by atoms with van der Waals surface area (Å²) in [6.45, 7) is 5.47. The SMILES string of the molecule is CCOC(=O)C1=C(C)NC(=S)N(NC(=O)c2ccc3oc(C)nc3c2)C1c1ccc(N(C)C)cc1. The molecule has 10 heteroatoms. The number of fused-ring (bicyclic) bond motifs is 1. The van der Waals surface area contributed by atoms with E-state index < -0.39 is 17.9 Å². The van der Waals surface area contributed by atoms with E-state index in [2.05, 4.69) is 15.7 Å². The number of amides is 1. The number of anilines is 1. The molecule has 2 N–H and O–H groups in total. The minimum atomic E-state index is -0.694. The number of rotatable bonds is 6. The number of hydrogen-bond donors (Lipinski definition) is 2. The average molecular weight is 494 g/mol. The highest BCUT2D eigenvalue weighted by Crippen LogP contribution is 2.34. The van der Waals surface area contributed by atoms with Crippen LogP contribution >= 0.6 is 12.2 Å². The lowest BCUT2D eigenvalue weighted by atomic mass is 9.94. The average Bonchev–Trinajstić information content (AvgIpc) is 3.19. The molecular formula is C25H27N5O4S. The van der Waals surface area contributed by atoms with Crippen LogP contribution in [0.25, 0.3) is 11.1 Å². The van der Waals surface area contributed by atoms with E-state index in [0.29, 0.717) is 33.8 Å². The fourth-order valence-corrected chi connectivity index (χ4v) is 4.26. The lowest BCUT2D eigenvalue weighted by molar-refractivity contribution is -0.139. The third-order valence-corrected chi connectivity index (χ3v) is 5.95. The zero-order valence-corrected chi connectivity index (χ0v) is 21.0. The highest BCUT2D eigenvalue weighted by molar-refractivity contribution is 7.80. The summed E-state index contributed by atoms with van der Waals surface area (Å²) in [7, 11) is 3.89. The van der Waals surface area contributed by atoms with Crippen molar-refractivity contribution >= 4 is 46.0 Å². The number of aromatic nitrogens is 1. The summed E-state index contributed by atoms with van der Waals surface area (Å²) in [6.07, 6.45) is 0. The molecule has 0 bridgehead atoms. The molecular weight excluding hydrogens is 466 g/mol. The van der Waals surface area contributed by atoms with E-state index in [0.717, 1.165) is 11.3 Å². The van der Waals surface area contributed by atoms with Crippen LogP contribution in [0.1, 0.15) is 41.7 Å². The van der Waals surface area contributed by atoms with Crippen molar-refractivity contribution in [3.63, 3.8) is 0 Å². The lowest BCUT2D eigenvalue weighted by Gasteiger charge is -2.39. The minimum Gasteiger partial charge on any atom is -0.463 e. The number of carbonyl (C=O) groups excluding carboxylic acids is 2. The van der Waals surface area contributed by atoms with Gasteiger partial charge in [0.2, 0.25) is 0 Å². The molecule has 2 heterocycles. The van der Waals surface area contributed by atoms with Gasteiger partial charge in [0.15, 0.2) is 16.6 Å². The van der Waals surface area contributed by atoms with Crippen LogP contribution in [-0.2, 0) is 9.53 Å². The van der Waals surface area contributed by atoms with E-state index in [1.165, 1.54) is 5.01 Å². The van der Waals surface area contributed by atoms with Crippen LogP contribution in [0.15, 0.2) is 58.2 Å². The summed E-state index contributed by atoms with van der Waals surface area (Å²) in [4.78, 5) is 32.5. The molecule has 0 fully saturated rings. The van der Waals surface area contributed by atoms with Crippen molar-refractivity contribution < 1.29 is 18.7 Å². The first-order chi connectivity index (χ1) is 16.7. The van der Waals surface area contributed by atoms with Crippen LogP contribution in [0.5, 0.6) is 0 Å². The monoisotopic (exact) mass is 493 g/mol. The maximum atomic E-state index is 13.3. The molecule has 182 valence electrons.